The first kappa shape index (κ1) is 30.0. The summed E-state index contributed by atoms with van der Waals surface area (Å²) in [6, 6.07) is 14.7. The van der Waals surface area contributed by atoms with E-state index >= 15 is 0 Å². The molecule has 9 heteroatoms. The maximum absolute atomic E-state index is 13.0. The molecule has 2 heterocycles. The predicted molar refractivity (Wildman–Crippen MR) is 153 cm³/mol. The number of nitrogens with one attached hydrogen (secondary N) is 2. The highest BCUT2D eigenvalue weighted by molar-refractivity contribution is 5.89. The van der Waals surface area contributed by atoms with E-state index in [0.717, 1.165) is 36.1 Å². The van der Waals surface area contributed by atoms with Crippen molar-refractivity contribution in [2.45, 2.75) is 84.2 Å². The van der Waals surface area contributed by atoms with Crippen LogP contribution < -0.4 is 10.6 Å². The molecule has 2 aromatic carbocycles. The summed E-state index contributed by atoms with van der Waals surface area (Å²) in [6.45, 7) is 11.5. The minimum absolute atomic E-state index is 0.0206. The summed E-state index contributed by atoms with van der Waals surface area (Å²) in [5.74, 6) is -0.214. The van der Waals surface area contributed by atoms with Crippen LogP contribution in [-0.2, 0) is 25.6 Å². The number of carbonyl (C=O) groups is 2. The van der Waals surface area contributed by atoms with Gasteiger partial charge in [-0.2, -0.15) is 0 Å². The maximum Gasteiger partial charge on any atom is 0.323 e. The number of carbonyl (C=O) groups excluding carboxylic acids is 2. The third kappa shape index (κ3) is 7.60. The highest BCUT2D eigenvalue weighted by Gasteiger charge is 2.42. The zero-order chi connectivity index (χ0) is 28.9. The van der Waals surface area contributed by atoms with Gasteiger partial charge in [-0.15, -0.1) is 0 Å². The van der Waals surface area contributed by atoms with Crippen molar-refractivity contribution in [3.05, 3.63) is 65.2 Å². The number of benzene rings is 2. The molecule has 0 aliphatic carbocycles. The zero-order valence-electron chi connectivity index (χ0n) is 24.2. The van der Waals surface area contributed by atoms with Gasteiger partial charge in [-0.3, -0.25) is 9.69 Å². The Balaban J connectivity index is 1.59. The SMILES string of the molecule is CCNC(=O)Nc1cccc([C@@H]2O[C@H](CN3CCC[C@H]3C(=O)OC(C)(C)C)[C@H](C)[C@H](c3ccc(CO)cc3)O2)c1. The Bertz CT molecular complexity index is 1150. The first-order chi connectivity index (χ1) is 19.1. The number of anilines is 1. The van der Waals surface area contributed by atoms with E-state index in [9.17, 15) is 14.7 Å². The van der Waals surface area contributed by atoms with E-state index in [-0.39, 0.29) is 42.8 Å². The molecule has 0 spiro atoms. The Morgan fingerprint density at radius 3 is 2.52 bits per heavy atom. The van der Waals surface area contributed by atoms with E-state index in [4.69, 9.17) is 14.2 Å². The van der Waals surface area contributed by atoms with E-state index in [1.165, 1.54) is 0 Å². The third-order valence-electron chi connectivity index (χ3n) is 7.33. The number of hydrogen-bond acceptors (Lipinski definition) is 7. The summed E-state index contributed by atoms with van der Waals surface area (Å²) in [7, 11) is 0. The standard InChI is InChI=1S/C31H43N3O6/c1-6-32-30(37)33-24-10-7-9-23(17-24)29-38-26(18-34-16-8-11-25(34)28(36)40-31(3,4)5)20(2)27(39-29)22-14-12-21(19-35)13-15-22/h7,9-10,12-15,17,20,25-27,29,35H,6,8,11,16,18-19H2,1-5H3,(H2,32,33,37)/t20-,25-,26+,27+,29+/m0/s1. The molecule has 0 bridgehead atoms. The van der Waals surface area contributed by atoms with Gasteiger partial charge in [0.2, 0.25) is 0 Å². The lowest BCUT2D eigenvalue weighted by Gasteiger charge is -2.43. The predicted octanol–water partition coefficient (Wildman–Crippen LogP) is 4.92. The molecule has 0 aromatic heterocycles. The van der Waals surface area contributed by atoms with Crippen LogP contribution in [0.3, 0.4) is 0 Å². The smallest absolute Gasteiger partial charge is 0.323 e. The van der Waals surface area contributed by atoms with E-state index < -0.39 is 11.9 Å². The summed E-state index contributed by atoms with van der Waals surface area (Å²) in [5.41, 5.74) is 2.70. The van der Waals surface area contributed by atoms with Crippen molar-refractivity contribution < 1.29 is 28.9 Å². The van der Waals surface area contributed by atoms with Gasteiger partial charge < -0.3 is 30.0 Å². The van der Waals surface area contributed by atoms with Crippen LogP contribution in [0.2, 0.25) is 0 Å². The van der Waals surface area contributed by atoms with E-state index in [1.807, 2.05) is 76.2 Å². The molecule has 2 fully saturated rings. The average Bonchev–Trinajstić information content (AvgIpc) is 3.38. The number of hydrogen-bond donors (Lipinski definition) is 3. The summed E-state index contributed by atoms with van der Waals surface area (Å²) in [5, 5.41) is 15.1. The number of likely N-dealkylation sites (tertiary alicyclic amines) is 1. The minimum Gasteiger partial charge on any atom is -0.459 e. The molecule has 2 saturated heterocycles. The van der Waals surface area contributed by atoms with Crippen LogP contribution in [0.4, 0.5) is 10.5 Å². The van der Waals surface area contributed by atoms with E-state index in [0.29, 0.717) is 18.8 Å². The summed E-state index contributed by atoms with van der Waals surface area (Å²) < 4.78 is 18.9. The zero-order valence-corrected chi connectivity index (χ0v) is 24.2. The monoisotopic (exact) mass is 553 g/mol. The van der Waals surface area contributed by atoms with Gasteiger partial charge in [-0.05, 0) is 70.3 Å². The highest BCUT2D eigenvalue weighted by Crippen LogP contribution is 2.42. The highest BCUT2D eigenvalue weighted by atomic mass is 16.7. The topological polar surface area (TPSA) is 109 Å². The number of aliphatic hydroxyl groups excluding tert-OH is 1. The second-order valence-electron chi connectivity index (χ2n) is 11.6. The van der Waals surface area contributed by atoms with Crippen molar-refractivity contribution >= 4 is 17.7 Å². The number of esters is 1. The molecular weight excluding hydrogens is 510 g/mol. The minimum atomic E-state index is -0.678. The maximum atomic E-state index is 13.0. The van der Waals surface area contributed by atoms with Crippen LogP contribution in [0.25, 0.3) is 0 Å². The first-order valence-electron chi connectivity index (χ1n) is 14.2. The van der Waals surface area contributed by atoms with Crippen molar-refractivity contribution in [3.63, 3.8) is 0 Å². The van der Waals surface area contributed by atoms with Crippen LogP contribution in [0.15, 0.2) is 48.5 Å². The lowest BCUT2D eigenvalue weighted by Crippen LogP contribution is -2.48. The second kappa shape index (κ2) is 13.1. The van der Waals surface area contributed by atoms with Crippen molar-refractivity contribution in [3.8, 4) is 0 Å². The average molecular weight is 554 g/mol. The number of ether oxygens (including phenoxy) is 3. The number of urea groups is 1. The molecule has 40 heavy (non-hydrogen) atoms. The van der Waals surface area contributed by atoms with Crippen LogP contribution in [0, 0.1) is 5.92 Å². The molecule has 9 nitrogen and oxygen atoms in total. The van der Waals surface area contributed by atoms with E-state index in [2.05, 4.69) is 22.5 Å². The van der Waals surface area contributed by atoms with Gasteiger partial charge in [0.25, 0.3) is 0 Å². The van der Waals surface area contributed by atoms with Gasteiger partial charge in [0.1, 0.15) is 11.6 Å². The molecule has 0 unspecified atom stereocenters. The number of rotatable bonds is 8. The molecule has 0 saturated carbocycles. The summed E-state index contributed by atoms with van der Waals surface area (Å²) >= 11 is 0. The van der Waals surface area contributed by atoms with Crippen molar-refractivity contribution in [1.29, 1.82) is 0 Å². The van der Waals surface area contributed by atoms with Crippen molar-refractivity contribution in [1.82, 2.24) is 10.2 Å². The Kier molecular flexibility index (Phi) is 9.84. The van der Waals surface area contributed by atoms with Crippen molar-refractivity contribution in [2.75, 3.05) is 25.0 Å². The Labute approximate surface area is 237 Å². The fourth-order valence-corrected chi connectivity index (χ4v) is 5.34. The Morgan fingerprint density at radius 1 is 1.10 bits per heavy atom. The molecule has 0 radical (unpaired) electrons. The van der Waals surface area contributed by atoms with Gasteiger partial charge in [0.05, 0.1) is 18.8 Å². The van der Waals surface area contributed by atoms with Gasteiger partial charge in [0.15, 0.2) is 6.29 Å². The van der Waals surface area contributed by atoms with Crippen LogP contribution in [-0.4, -0.2) is 59.4 Å². The molecule has 3 N–H and O–H groups in total. The number of amides is 2. The van der Waals surface area contributed by atoms with Crippen LogP contribution in [0.5, 0.6) is 0 Å². The van der Waals surface area contributed by atoms with Gasteiger partial charge in [-0.25, -0.2) is 4.79 Å². The molecule has 5 atom stereocenters. The largest absolute Gasteiger partial charge is 0.459 e. The fourth-order valence-electron chi connectivity index (χ4n) is 5.34. The second-order valence-corrected chi connectivity index (χ2v) is 11.6. The molecule has 2 amide bonds. The lowest BCUT2D eigenvalue weighted by molar-refractivity contribution is -0.276. The molecule has 2 aliphatic rings. The summed E-state index contributed by atoms with van der Waals surface area (Å²) in [4.78, 5) is 27.3. The molecule has 2 aliphatic heterocycles. The van der Waals surface area contributed by atoms with Crippen LogP contribution in [0.1, 0.15) is 76.5 Å². The van der Waals surface area contributed by atoms with Gasteiger partial charge in [-0.1, -0.05) is 43.3 Å². The van der Waals surface area contributed by atoms with Gasteiger partial charge >= 0.3 is 12.0 Å². The van der Waals surface area contributed by atoms with Crippen molar-refractivity contribution in [2.24, 2.45) is 5.92 Å². The Hall–Kier alpha value is -2.98. The number of nitrogens with zero attached hydrogens (tertiary/aromatic N) is 1. The fraction of sp³-hybridized carbons (Fsp3) is 0.548. The molecular formula is C31H43N3O6. The number of aliphatic hydroxyl groups is 1. The quantitative estimate of drug-likeness (QED) is 0.398. The van der Waals surface area contributed by atoms with Crippen LogP contribution >= 0.6 is 0 Å². The first-order valence-corrected chi connectivity index (χ1v) is 14.2. The molecule has 2 aromatic rings. The van der Waals surface area contributed by atoms with Gasteiger partial charge in [0, 0.05) is 30.3 Å². The summed E-state index contributed by atoms with van der Waals surface area (Å²) in [6.07, 6.45) is 0.491. The molecule has 218 valence electrons. The normalized spacial score (nSPS) is 25.4. The lowest BCUT2D eigenvalue weighted by atomic mass is 9.90. The Morgan fingerprint density at radius 2 is 1.85 bits per heavy atom. The van der Waals surface area contributed by atoms with E-state index in [1.54, 1.807) is 0 Å². The third-order valence-corrected chi connectivity index (χ3v) is 7.33. The molecule has 4 rings (SSSR count).